The highest BCUT2D eigenvalue weighted by Crippen LogP contribution is 2.20. The van der Waals surface area contributed by atoms with Crippen molar-refractivity contribution in [3.05, 3.63) is 47.8 Å². The Labute approximate surface area is 98.5 Å². The Bertz CT molecular complexity index is 524. The molecular weight excluding hydrogens is 221 g/mol. The van der Waals surface area contributed by atoms with Gasteiger partial charge < -0.3 is 15.4 Å². The maximum atomic E-state index is 13.2. The molecule has 0 spiro atoms. The molecule has 1 unspecified atom stereocenters. The highest BCUT2D eigenvalue weighted by molar-refractivity contribution is 5.42. The third-order valence-corrected chi connectivity index (χ3v) is 2.67. The molecule has 90 valence electrons. The summed E-state index contributed by atoms with van der Waals surface area (Å²) in [5.74, 6) is -0.317. The molecule has 17 heavy (non-hydrogen) atoms. The van der Waals surface area contributed by atoms with Crippen LogP contribution in [0, 0.1) is 12.7 Å². The summed E-state index contributed by atoms with van der Waals surface area (Å²) in [6.45, 7) is 1.70. The van der Waals surface area contributed by atoms with Crippen LogP contribution in [0.3, 0.4) is 0 Å². The average Bonchev–Trinajstić information content (AvgIpc) is 2.80. The van der Waals surface area contributed by atoms with E-state index in [0.717, 1.165) is 5.56 Å². The standard InChI is InChI=1S/C12H14FN3O/c1-8-2-3-9(13)4-11(8)16-7-15-5-12(16)10(14)6-17/h2-5,7,10,17H,6,14H2,1H3. The van der Waals surface area contributed by atoms with Crippen LogP contribution in [-0.4, -0.2) is 21.3 Å². The quantitative estimate of drug-likeness (QED) is 0.843. The Morgan fingerprint density at radius 2 is 2.29 bits per heavy atom. The average molecular weight is 235 g/mol. The molecule has 5 heteroatoms. The summed E-state index contributed by atoms with van der Waals surface area (Å²) in [5.41, 5.74) is 8.01. The number of aryl methyl sites for hydroxylation is 1. The minimum Gasteiger partial charge on any atom is -0.394 e. The van der Waals surface area contributed by atoms with Gasteiger partial charge in [-0.3, -0.25) is 0 Å². The number of halogens is 1. The summed E-state index contributed by atoms with van der Waals surface area (Å²) in [6, 6.07) is 3.99. The number of aliphatic hydroxyl groups is 1. The van der Waals surface area contributed by atoms with Gasteiger partial charge in [0, 0.05) is 0 Å². The van der Waals surface area contributed by atoms with Crippen molar-refractivity contribution in [2.45, 2.75) is 13.0 Å². The molecule has 1 heterocycles. The van der Waals surface area contributed by atoms with Crippen LogP contribution in [0.4, 0.5) is 4.39 Å². The Balaban J connectivity index is 2.53. The number of imidazole rings is 1. The highest BCUT2D eigenvalue weighted by Gasteiger charge is 2.13. The minimum atomic E-state index is -0.528. The number of hydrogen-bond donors (Lipinski definition) is 2. The van der Waals surface area contributed by atoms with Crippen LogP contribution in [0.25, 0.3) is 5.69 Å². The summed E-state index contributed by atoms with van der Waals surface area (Å²) in [5, 5.41) is 9.06. The monoisotopic (exact) mass is 235 g/mol. The van der Waals surface area contributed by atoms with E-state index in [4.69, 9.17) is 10.8 Å². The predicted octanol–water partition coefficient (Wildman–Crippen LogP) is 1.31. The summed E-state index contributed by atoms with van der Waals surface area (Å²) in [4.78, 5) is 3.99. The first-order chi connectivity index (χ1) is 8.13. The summed E-state index contributed by atoms with van der Waals surface area (Å²) < 4.78 is 14.9. The van der Waals surface area contributed by atoms with Crippen LogP contribution in [0.2, 0.25) is 0 Å². The maximum absolute atomic E-state index is 13.2. The maximum Gasteiger partial charge on any atom is 0.125 e. The van der Waals surface area contributed by atoms with Gasteiger partial charge in [0.05, 0.1) is 36.6 Å². The molecule has 0 aliphatic carbocycles. The van der Waals surface area contributed by atoms with Crippen molar-refractivity contribution < 1.29 is 9.50 Å². The lowest BCUT2D eigenvalue weighted by Crippen LogP contribution is -2.18. The number of aliphatic hydroxyl groups excluding tert-OH is 1. The molecule has 0 fully saturated rings. The van der Waals surface area contributed by atoms with E-state index >= 15 is 0 Å². The van der Waals surface area contributed by atoms with E-state index in [0.29, 0.717) is 11.4 Å². The zero-order valence-electron chi connectivity index (χ0n) is 9.47. The molecule has 0 saturated carbocycles. The van der Waals surface area contributed by atoms with E-state index in [-0.39, 0.29) is 12.4 Å². The summed E-state index contributed by atoms with van der Waals surface area (Å²) >= 11 is 0. The van der Waals surface area contributed by atoms with E-state index in [1.54, 1.807) is 23.2 Å². The van der Waals surface area contributed by atoms with E-state index in [2.05, 4.69) is 4.98 Å². The van der Waals surface area contributed by atoms with Crippen molar-refractivity contribution in [3.63, 3.8) is 0 Å². The summed E-state index contributed by atoms with van der Waals surface area (Å²) in [6.07, 6.45) is 3.14. The van der Waals surface area contributed by atoms with Crippen LogP contribution >= 0.6 is 0 Å². The van der Waals surface area contributed by atoms with Gasteiger partial charge in [0.15, 0.2) is 0 Å². The number of aromatic nitrogens is 2. The van der Waals surface area contributed by atoms with E-state index in [1.807, 2.05) is 6.92 Å². The van der Waals surface area contributed by atoms with Gasteiger partial charge in [-0.25, -0.2) is 9.37 Å². The van der Waals surface area contributed by atoms with Crippen LogP contribution in [-0.2, 0) is 0 Å². The van der Waals surface area contributed by atoms with Gasteiger partial charge in [-0.2, -0.15) is 0 Å². The van der Waals surface area contributed by atoms with Gasteiger partial charge in [0.1, 0.15) is 5.82 Å². The van der Waals surface area contributed by atoms with E-state index in [9.17, 15) is 4.39 Å². The fraction of sp³-hybridized carbons (Fsp3) is 0.250. The first-order valence-corrected chi connectivity index (χ1v) is 5.28. The van der Waals surface area contributed by atoms with Gasteiger partial charge >= 0.3 is 0 Å². The first-order valence-electron chi connectivity index (χ1n) is 5.28. The third kappa shape index (κ3) is 2.20. The normalized spacial score (nSPS) is 12.7. The Morgan fingerprint density at radius 3 is 3.00 bits per heavy atom. The second-order valence-corrected chi connectivity index (χ2v) is 3.91. The number of hydrogen-bond acceptors (Lipinski definition) is 3. The van der Waals surface area contributed by atoms with Gasteiger partial charge in [-0.1, -0.05) is 6.07 Å². The van der Waals surface area contributed by atoms with Crippen molar-refractivity contribution in [2.75, 3.05) is 6.61 Å². The molecule has 4 nitrogen and oxygen atoms in total. The van der Waals surface area contributed by atoms with Gasteiger partial charge in [-0.15, -0.1) is 0 Å². The Kier molecular flexibility index (Phi) is 3.21. The molecule has 2 rings (SSSR count). The lowest BCUT2D eigenvalue weighted by Gasteiger charge is -2.14. The topological polar surface area (TPSA) is 64.1 Å². The van der Waals surface area contributed by atoms with Crippen LogP contribution in [0.5, 0.6) is 0 Å². The molecule has 2 aromatic rings. The number of benzene rings is 1. The van der Waals surface area contributed by atoms with Crippen molar-refractivity contribution in [2.24, 2.45) is 5.73 Å². The third-order valence-electron chi connectivity index (χ3n) is 2.67. The highest BCUT2D eigenvalue weighted by atomic mass is 19.1. The second-order valence-electron chi connectivity index (χ2n) is 3.91. The Morgan fingerprint density at radius 1 is 1.53 bits per heavy atom. The largest absolute Gasteiger partial charge is 0.394 e. The van der Waals surface area contributed by atoms with E-state index in [1.165, 1.54) is 12.1 Å². The lowest BCUT2D eigenvalue weighted by atomic mass is 10.1. The van der Waals surface area contributed by atoms with E-state index < -0.39 is 6.04 Å². The molecule has 0 bridgehead atoms. The molecule has 1 aromatic carbocycles. The fourth-order valence-corrected chi connectivity index (χ4v) is 1.72. The van der Waals surface area contributed by atoms with Crippen LogP contribution in [0.1, 0.15) is 17.3 Å². The smallest absolute Gasteiger partial charge is 0.125 e. The van der Waals surface area contributed by atoms with Gasteiger partial charge in [-0.05, 0) is 24.6 Å². The fourth-order valence-electron chi connectivity index (χ4n) is 1.72. The molecule has 3 N–H and O–H groups in total. The molecule has 0 radical (unpaired) electrons. The molecule has 1 atom stereocenters. The SMILES string of the molecule is Cc1ccc(F)cc1-n1cncc1C(N)CO. The molecule has 0 saturated heterocycles. The molecule has 1 aromatic heterocycles. The first kappa shape index (κ1) is 11.8. The van der Waals surface area contributed by atoms with Crippen LogP contribution in [0.15, 0.2) is 30.7 Å². The number of rotatable bonds is 3. The lowest BCUT2D eigenvalue weighted by molar-refractivity contribution is 0.265. The van der Waals surface area contributed by atoms with Crippen molar-refractivity contribution in [3.8, 4) is 5.69 Å². The second kappa shape index (κ2) is 4.65. The van der Waals surface area contributed by atoms with Crippen LogP contribution < -0.4 is 5.73 Å². The van der Waals surface area contributed by atoms with Crippen molar-refractivity contribution in [1.82, 2.24) is 9.55 Å². The van der Waals surface area contributed by atoms with Crippen molar-refractivity contribution in [1.29, 1.82) is 0 Å². The van der Waals surface area contributed by atoms with Crippen molar-refractivity contribution >= 4 is 0 Å². The summed E-state index contributed by atoms with van der Waals surface area (Å²) in [7, 11) is 0. The number of nitrogens with two attached hydrogens (primary N) is 1. The molecule has 0 amide bonds. The van der Waals surface area contributed by atoms with Gasteiger partial charge in [0.25, 0.3) is 0 Å². The molecular formula is C12H14FN3O. The Hall–Kier alpha value is -1.72. The minimum absolute atomic E-state index is 0.180. The predicted molar refractivity (Wildman–Crippen MR) is 62.3 cm³/mol. The molecule has 0 aliphatic heterocycles. The van der Waals surface area contributed by atoms with Gasteiger partial charge in [0.2, 0.25) is 0 Å². The zero-order valence-corrected chi connectivity index (χ0v) is 9.47. The number of nitrogens with zero attached hydrogens (tertiary/aromatic N) is 2. The molecule has 0 aliphatic rings. The zero-order chi connectivity index (χ0) is 12.4.